The van der Waals surface area contributed by atoms with E-state index in [0.717, 1.165) is 18.2 Å². The molecule has 1 aromatic heterocycles. The van der Waals surface area contributed by atoms with E-state index in [1.807, 2.05) is 0 Å². The molecule has 0 amide bonds. The van der Waals surface area contributed by atoms with Crippen LogP contribution in [0.5, 0.6) is 5.75 Å². The fourth-order valence-electron chi connectivity index (χ4n) is 1.33. The summed E-state index contributed by atoms with van der Waals surface area (Å²) < 4.78 is 7.59. The molecule has 0 radical (unpaired) electrons. The predicted octanol–water partition coefficient (Wildman–Crippen LogP) is 0.513. The number of aromatic nitrogens is 2. The third-order valence-corrected chi connectivity index (χ3v) is 3.25. The van der Waals surface area contributed by atoms with Gasteiger partial charge in [0.1, 0.15) is 0 Å². The van der Waals surface area contributed by atoms with Gasteiger partial charge >= 0.3 is 106 Å². The average Bonchev–Trinajstić information content (AvgIpc) is 2.78. The third kappa shape index (κ3) is 2.08. The van der Waals surface area contributed by atoms with E-state index in [9.17, 15) is 20.0 Å². The SMILES string of the molecule is O=C(O)c1n[se]nc1-c1cc([N+](=O)[O-])ccc1O. The van der Waals surface area contributed by atoms with E-state index in [2.05, 4.69) is 7.96 Å². The molecule has 0 bridgehead atoms. The van der Waals surface area contributed by atoms with E-state index < -0.39 is 25.9 Å². The number of benzene rings is 1. The van der Waals surface area contributed by atoms with Gasteiger partial charge < -0.3 is 0 Å². The van der Waals surface area contributed by atoms with Gasteiger partial charge in [-0.25, -0.2) is 0 Å². The second-order valence-corrected chi connectivity index (χ2v) is 4.33. The van der Waals surface area contributed by atoms with Crippen molar-refractivity contribution in [1.29, 1.82) is 0 Å². The first-order valence-electron chi connectivity index (χ1n) is 4.54. The van der Waals surface area contributed by atoms with Gasteiger partial charge in [0, 0.05) is 0 Å². The molecule has 1 heterocycles. The van der Waals surface area contributed by atoms with Gasteiger partial charge in [-0.2, -0.15) is 0 Å². The number of hydrogen-bond donors (Lipinski definition) is 2. The standard InChI is InChI=1S/C9H5N3O5Se/c13-6-2-1-4(12(16)17)3-5(6)7-8(9(14)15)11-18-10-7/h1-3,13H,(H,14,15). The van der Waals surface area contributed by atoms with Crippen molar-refractivity contribution in [2.75, 3.05) is 0 Å². The van der Waals surface area contributed by atoms with Gasteiger partial charge in [0.05, 0.1) is 0 Å². The second kappa shape index (κ2) is 4.55. The maximum atomic E-state index is 10.9. The van der Waals surface area contributed by atoms with Crippen LogP contribution in [-0.2, 0) is 0 Å². The number of nitro benzene ring substituents is 1. The number of nitrogens with zero attached hydrogens (tertiary/aromatic N) is 3. The van der Waals surface area contributed by atoms with Crippen LogP contribution < -0.4 is 0 Å². The molecule has 0 aliphatic carbocycles. The normalized spacial score (nSPS) is 10.2. The minimum absolute atomic E-state index is 0.00438. The Morgan fingerprint density at radius 1 is 1.39 bits per heavy atom. The van der Waals surface area contributed by atoms with Crippen LogP contribution in [0, 0.1) is 10.1 Å². The second-order valence-electron chi connectivity index (χ2n) is 3.23. The van der Waals surface area contributed by atoms with E-state index in [-0.39, 0.29) is 28.4 Å². The van der Waals surface area contributed by atoms with Crippen molar-refractivity contribution in [2.24, 2.45) is 0 Å². The van der Waals surface area contributed by atoms with Gasteiger partial charge in [-0.1, -0.05) is 0 Å². The summed E-state index contributed by atoms with van der Waals surface area (Å²) in [5.74, 6) is -1.55. The summed E-state index contributed by atoms with van der Waals surface area (Å²) in [5.41, 5.74) is -0.561. The van der Waals surface area contributed by atoms with Crippen molar-refractivity contribution in [3.05, 3.63) is 34.0 Å². The zero-order valence-electron chi connectivity index (χ0n) is 8.60. The van der Waals surface area contributed by atoms with Crippen molar-refractivity contribution in [3.63, 3.8) is 0 Å². The van der Waals surface area contributed by atoms with Crippen molar-refractivity contribution in [1.82, 2.24) is 7.96 Å². The summed E-state index contributed by atoms with van der Waals surface area (Å²) in [4.78, 5) is 20.9. The molecule has 0 spiro atoms. The molecule has 0 atom stereocenters. The summed E-state index contributed by atoms with van der Waals surface area (Å²) in [5, 5.41) is 29.2. The number of rotatable bonds is 3. The molecule has 92 valence electrons. The van der Waals surface area contributed by atoms with Crippen LogP contribution in [0.3, 0.4) is 0 Å². The molecule has 2 aromatic rings. The van der Waals surface area contributed by atoms with Crippen molar-refractivity contribution >= 4 is 26.6 Å². The summed E-state index contributed by atoms with van der Waals surface area (Å²) in [7, 11) is 0. The summed E-state index contributed by atoms with van der Waals surface area (Å²) >= 11 is -0.611. The molecule has 2 rings (SSSR count). The fourth-order valence-corrected chi connectivity index (χ4v) is 2.49. The average molecular weight is 314 g/mol. The van der Waals surface area contributed by atoms with Crippen LogP contribution in [0.15, 0.2) is 18.2 Å². The Hall–Kier alpha value is -2.25. The summed E-state index contributed by atoms with van der Waals surface area (Å²) in [6.45, 7) is 0. The van der Waals surface area contributed by atoms with Gasteiger partial charge in [0.15, 0.2) is 0 Å². The Balaban J connectivity index is 2.63. The summed E-state index contributed by atoms with van der Waals surface area (Å²) in [6.07, 6.45) is 0. The third-order valence-electron chi connectivity index (χ3n) is 2.14. The molecule has 2 N–H and O–H groups in total. The molecule has 0 aliphatic rings. The number of carboxylic acids is 1. The number of phenolic OH excluding ortho intramolecular Hbond substituents is 1. The number of nitro groups is 1. The van der Waals surface area contributed by atoms with Crippen LogP contribution in [0.4, 0.5) is 5.69 Å². The molecule has 0 aliphatic heterocycles. The molecule has 8 nitrogen and oxygen atoms in total. The quantitative estimate of drug-likeness (QED) is 0.480. The maximum absolute atomic E-state index is 10.9. The van der Waals surface area contributed by atoms with Crippen LogP contribution in [0.2, 0.25) is 0 Å². The van der Waals surface area contributed by atoms with E-state index >= 15 is 0 Å². The van der Waals surface area contributed by atoms with Gasteiger partial charge in [-0.15, -0.1) is 0 Å². The molecule has 0 fully saturated rings. The van der Waals surface area contributed by atoms with Crippen LogP contribution in [0.1, 0.15) is 10.5 Å². The van der Waals surface area contributed by atoms with E-state index in [1.165, 1.54) is 0 Å². The van der Waals surface area contributed by atoms with Crippen LogP contribution in [-0.4, -0.2) is 44.0 Å². The Bertz CT molecular complexity index is 639. The first-order chi connectivity index (χ1) is 8.50. The zero-order chi connectivity index (χ0) is 13.3. The molecular weight excluding hydrogens is 309 g/mol. The van der Waals surface area contributed by atoms with E-state index in [4.69, 9.17) is 5.11 Å². The zero-order valence-corrected chi connectivity index (χ0v) is 10.3. The predicted molar refractivity (Wildman–Crippen MR) is 59.7 cm³/mol. The van der Waals surface area contributed by atoms with Crippen molar-refractivity contribution < 1.29 is 19.9 Å². The van der Waals surface area contributed by atoms with Gasteiger partial charge in [0.2, 0.25) is 0 Å². The Morgan fingerprint density at radius 3 is 2.72 bits per heavy atom. The molecule has 0 saturated carbocycles. The van der Waals surface area contributed by atoms with Gasteiger partial charge in [-0.05, 0) is 0 Å². The molecule has 0 unspecified atom stereocenters. The molecule has 9 heteroatoms. The van der Waals surface area contributed by atoms with E-state index in [1.54, 1.807) is 0 Å². The monoisotopic (exact) mass is 315 g/mol. The van der Waals surface area contributed by atoms with Crippen molar-refractivity contribution in [2.45, 2.75) is 0 Å². The van der Waals surface area contributed by atoms with Gasteiger partial charge in [0.25, 0.3) is 0 Å². The number of aromatic hydroxyl groups is 1. The minimum atomic E-state index is -1.28. The fraction of sp³-hybridized carbons (Fsp3) is 0. The number of aromatic carboxylic acids is 1. The molecule has 18 heavy (non-hydrogen) atoms. The number of carboxylic acid groups (broad SMARTS) is 1. The van der Waals surface area contributed by atoms with Crippen LogP contribution in [0.25, 0.3) is 11.3 Å². The topological polar surface area (TPSA) is 126 Å². The van der Waals surface area contributed by atoms with Crippen molar-refractivity contribution in [3.8, 4) is 17.0 Å². The van der Waals surface area contributed by atoms with Gasteiger partial charge in [-0.3, -0.25) is 0 Å². The van der Waals surface area contributed by atoms with Crippen LogP contribution >= 0.6 is 0 Å². The molecule has 1 aromatic carbocycles. The molecular formula is C9H5N3O5Se. The first kappa shape index (κ1) is 12.2. The number of non-ortho nitro benzene ring substituents is 1. The Morgan fingerprint density at radius 2 is 2.11 bits per heavy atom. The summed E-state index contributed by atoms with van der Waals surface area (Å²) in [6, 6.07) is 3.33. The Kier molecular flexibility index (Phi) is 3.09. The first-order valence-corrected chi connectivity index (χ1v) is 6.07. The number of phenols is 1. The molecule has 0 saturated heterocycles. The number of carbonyl (C=O) groups is 1. The Labute approximate surface area is 106 Å². The number of hydrogen-bond acceptors (Lipinski definition) is 6. The van der Waals surface area contributed by atoms with E-state index in [0.29, 0.717) is 0 Å².